The Hall–Kier alpha value is -1.14. The number of piperidine rings is 1. The fourth-order valence-electron chi connectivity index (χ4n) is 3.23. The van der Waals surface area contributed by atoms with Crippen molar-refractivity contribution in [3.63, 3.8) is 0 Å². The van der Waals surface area contributed by atoms with Gasteiger partial charge in [-0.05, 0) is 33.2 Å². The van der Waals surface area contributed by atoms with E-state index in [1.165, 1.54) is 7.11 Å². The van der Waals surface area contributed by atoms with Gasteiger partial charge in [-0.2, -0.15) is 0 Å². The molecule has 1 amide bonds. The van der Waals surface area contributed by atoms with Gasteiger partial charge in [0.25, 0.3) is 0 Å². The number of ether oxygens (including phenoxy) is 2. The predicted molar refractivity (Wildman–Crippen MR) is 77.8 cm³/mol. The standard InChI is InChI=1S/C15H26N2O4/c1-11-7-17(8-12(2)21-11)14(18)10-16-6-4-5-13(9-16)15(19)20-3/h11-13H,4-10H2,1-3H3. The Morgan fingerprint density at radius 3 is 2.48 bits per heavy atom. The highest BCUT2D eigenvalue weighted by Gasteiger charge is 2.30. The van der Waals surface area contributed by atoms with E-state index < -0.39 is 0 Å². The van der Waals surface area contributed by atoms with E-state index in [0.717, 1.165) is 19.4 Å². The highest BCUT2D eigenvalue weighted by atomic mass is 16.5. The molecule has 0 radical (unpaired) electrons. The molecular weight excluding hydrogens is 272 g/mol. The lowest BCUT2D eigenvalue weighted by molar-refractivity contribution is -0.150. The van der Waals surface area contributed by atoms with Crippen molar-refractivity contribution in [2.75, 3.05) is 39.8 Å². The number of amides is 1. The molecule has 2 fully saturated rings. The third-order valence-corrected chi connectivity index (χ3v) is 4.17. The summed E-state index contributed by atoms with van der Waals surface area (Å²) in [7, 11) is 1.42. The lowest BCUT2D eigenvalue weighted by Crippen LogP contribution is -2.52. The summed E-state index contributed by atoms with van der Waals surface area (Å²) in [5.74, 6) is -0.137. The summed E-state index contributed by atoms with van der Waals surface area (Å²) in [5, 5.41) is 0. The Balaban J connectivity index is 1.85. The van der Waals surface area contributed by atoms with E-state index in [1.807, 2.05) is 18.7 Å². The molecule has 0 spiro atoms. The molecule has 0 saturated carbocycles. The molecule has 6 nitrogen and oxygen atoms in total. The second kappa shape index (κ2) is 7.22. The minimum Gasteiger partial charge on any atom is -0.469 e. The van der Waals surface area contributed by atoms with Crippen LogP contribution < -0.4 is 0 Å². The predicted octanol–water partition coefficient (Wildman–Crippen LogP) is 0.507. The van der Waals surface area contributed by atoms with Gasteiger partial charge in [-0.3, -0.25) is 14.5 Å². The number of nitrogens with zero attached hydrogens (tertiary/aromatic N) is 2. The number of esters is 1. The zero-order chi connectivity index (χ0) is 15.4. The van der Waals surface area contributed by atoms with Crippen molar-refractivity contribution in [1.29, 1.82) is 0 Å². The molecule has 3 unspecified atom stereocenters. The Labute approximate surface area is 126 Å². The number of carbonyl (C=O) groups excluding carboxylic acids is 2. The van der Waals surface area contributed by atoms with E-state index in [4.69, 9.17) is 9.47 Å². The highest BCUT2D eigenvalue weighted by molar-refractivity contribution is 5.78. The van der Waals surface area contributed by atoms with Crippen molar-refractivity contribution in [3.05, 3.63) is 0 Å². The first-order chi connectivity index (χ1) is 9.99. The maximum Gasteiger partial charge on any atom is 0.309 e. The number of hydrogen-bond donors (Lipinski definition) is 0. The molecule has 2 saturated heterocycles. The molecule has 0 N–H and O–H groups in total. The zero-order valence-electron chi connectivity index (χ0n) is 13.2. The Kier molecular flexibility index (Phi) is 5.58. The third-order valence-electron chi connectivity index (χ3n) is 4.17. The topological polar surface area (TPSA) is 59.1 Å². The molecule has 0 aromatic rings. The second-order valence-electron chi connectivity index (χ2n) is 6.15. The van der Waals surface area contributed by atoms with Crippen LogP contribution in [0.3, 0.4) is 0 Å². The van der Waals surface area contributed by atoms with E-state index >= 15 is 0 Å². The normalized spacial score (nSPS) is 31.0. The van der Waals surface area contributed by atoms with Crippen molar-refractivity contribution in [3.8, 4) is 0 Å². The van der Waals surface area contributed by atoms with Crippen LogP contribution in [-0.4, -0.2) is 73.7 Å². The summed E-state index contributed by atoms with van der Waals surface area (Å²) in [6.45, 7) is 7.15. The first-order valence-electron chi connectivity index (χ1n) is 7.73. The summed E-state index contributed by atoms with van der Waals surface area (Å²) >= 11 is 0. The van der Waals surface area contributed by atoms with Crippen LogP contribution in [0.25, 0.3) is 0 Å². The molecule has 2 heterocycles. The summed E-state index contributed by atoms with van der Waals surface area (Å²) in [4.78, 5) is 28.0. The molecular formula is C15H26N2O4. The Morgan fingerprint density at radius 2 is 1.86 bits per heavy atom. The third kappa shape index (κ3) is 4.41. The summed E-state index contributed by atoms with van der Waals surface area (Å²) in [6.07, 6.45) is 1.95. The number of morpholine rings is 1. The molecule has 3 atom stereocenters. The van der Waals surface area contributed by atoms with E-state index in [-0.39, 0.29) is 30.0 Å². The Morgan fingerprint density at radius 1 is 1.19 bits per heavy atom. The summed E-state index contributed by atoms with van der Waals surface area (Å²) in [6, 6.07) is 0. The summed E-state index contributed by atoms with van der Waals surface area (Å²) in [5.41, 5.74) is 0. The van der Waals surface area contributed by atoms with Crippen LogP contribution in [0, 0.1) is 5.92 Å². The molecule has 2 aliphatic rings. The van der Waals surface area contributed by atoms with Crippen molar-refractivity contribution in [2.45, 2.75) is 38.9 Å². The number of hydrogen-bond acceptors (Lipinski definition) is 5. The first kappa shape index (κ1) is 16.2. The first-order valence-corrected chi connectivity index (χ1v) is 7.73. The minimum atomic E-state index is -0.166. The van der Waals surface area contributed by atoms with E-state index in [9.17, 15) is 9.59 Å². The molecule has 21 heavy (non-hydrogen) atoms. The smallest absolute Gasteiger partial charge is 0.309 e. The van der Waals surface area contributed by atoms with Gasteiger partial charge in [-0.15, -0.1) is 0 Å². The molecule has 0 aromatic carbocycles. The fourth-order valence-corrected chi connectivity index (χ4v) is 3.23. The van der Waals surface area contributed by atoms with Gasteiger partial charge < -0.3 is 14.4 Å². The molecule has 120 valence electrons. The maximum absolute atomic E-state index is 12.4. The van der Waals surface area contributed by atoms with Gasteiger partial charge in [0.2, 0.25) is 5.91 Å². The average Bonchev–Trinajstić information content (AvgIpc) is 2.45. The number of carbonyl (C=O) groups is 2. The highest BCUT2D eigenvalue weighted by Crippen LogP contribution is 2.18. The Bertz CT molecular complexity index is 378. The van der Waals surface area contributed by atoms with Gasteiger partial charge >= 0.3 is 5.97 Å². The van der Waals surface area contributed by atoms with Crippen LogP contribution in [0.2, 0.25) is 0 Å². The number of likely N-dealkylation sites (tertiary alicyclic amines) is 1. The molecule has 0 aliphatic carbocycles. The SMILES string of the molecule is COC(=O)C1CCCN(CC(=O)N2CC(C)OC(C)C2)C1. The monoisotopic (exact) mass is 298 g/mol. The van der Waals surface area contributed by atoms with Crippen LogP contribution >= 0.6 is 0 Å². The van der Waals surface area contributed by atoms with Crippen LogP contribution in [0.4, 0.5) is 0 Å². The zero-order valence-corrected chi connectivity index (χ0v) is 13.2. The minimum absolute atomic E-state index is 0.0851. The second-order valence-corrected chi connectivity index (χ2v) is 6.15. The van der Waals surface area contributed by atoms with Gasteiger partial charge in [-0.1, -0.05) is 0 Å². The van der Waals surface area contributed by atoms with Gasteiger partial charge in [0.15, 0.2) is 0 Å². The van der Waals surface area contributed by atoms with Crippen molar-refractivity contribution in [2.24, 2.45) is 5.92 Å². The van der Waals surface area contributed by atoms with Crippen LogP contribution in [0.15, 0.2) is 0 Å². The molecule has 0 aromatic heterocycles. The number of methoxy groups -OCH3 is 1. The van der Waals surface area contributed by atoms with Crippen molar-refractivity contribution in [1.82, 2.24) is 9.80 Å². The van der Waals surface area contributed by atoms with E-state index in [0.29, 0.717) is 26.2 Å². The van der Waals surface area contributed by atoms with Gasteiger partial charge in [0.1, 0.15) is 0 Å². The van der Waals surface area contributed by atoms with Crippen LogP contribution in [-0.2, 0) is 19.1 Å². The molecule has 6 heteroatoms. The molecule has 2 rings (SSSR count). The quantitative estimate of drug-likeness (QED) is 0.711. The largest absolute Gasteiger partial charge is 0.469 e. The van der Waals surface area contributed by atoms with Gasteiger partial charge in [-0.25, -0.2) is 0 Å². The van der Waals surface area contributed by atoms with Gasteiger partial charge in [0.05, 0.1) is 31.8 Å². The lowest BCUT2D eigenvalue weighted by atomic mass is 9.98. The fraction of sp³-hybridized carbons (Fsp3) is 0.867. The molecule has 2 aliphatic heterocycles. The van der Waals surface area contributed by atoms with Gasteiger partial charge in [0, 0.05) is 19.6 Å². The average molecular weight is 298 g/mol. The van der Waals surface area contributed by atoms with Crippen LogP contribution in [0.5, 0.6) is 0 Å². The number of rotatable bonds is 3. The van der Waals surface area contributed by atoms with Crippen LogP contribution in [0.1, 0.15) is 26.7 Å². The van der Waals surface area contributed by atoms with E-state index in [2.05, 4.69) is 4.90 Å². The van der Waals surface area contributed by atoms with E-state index in [1.54, 1.807) is 0 Å². The summed E-state index contributed by atoms with van der Waals surface area (Å²) < 4.78 is 10.5. The van der Waals surface area contributed by atoms with Crippen molar-refractivity contribution < 1.29 is 19.1 Å². The lowest BCUT2D eigenvalue weighted by Gasteiger charge is -2.37. The molecule has 0 bridgehead atoms. The maximum atomic E-state index is 12.4. The van der Waals surface area contributed by atoms with Crippen molar-refractivity contribution >= 4 is 11.9 Å².